The zero-order valence-corrected chi connectivity index (χ0v) is 17.5. The zero-order chi connectivity index (χ0) is 21.1. The number of aliphatic hydroxyl groups is 1. The van der Waals surface area contributed by atoms with Crippen LogP contribution in [0.3, 0.4) is 0 Å². The molecule has 0 unspecified atom stereocenters. The van der Waals surface area contributed by atoms with Crippen LogP contribution in [-0.2, 0) is 6.54 Å². The molecule has 1 aromatic heterocycles. The summed E-state index contributed by atoms with van der Waals surface area (Å²) in [4.78, 5) is 2.25. The fraction of sp³-hybridized carbons (Fsp3) is 0.375. The molecule has 1 aliphatic rings. The molecule has 0 amide bonds. The van der Waals surface area contributed by atoms with E-state index in [1.165, 1.54) is 18.9 Å². The summed E-state index contributed by atoms with van der Waals surface area (Å²) in [7, 11) is 0. The molecule has 30 heavy (non-hydrogen) atoms. The van der Waals surface area contributed by atoms with Gasteiger partial charge in [-0.25, -0.2) is 9.07 Å². The van der Waals surface area contributed by atoms with Gasteiger partial charge in [-0.1, -0.05) is 30.3 Å². The second-order valence-electron chi connectivity index (χ2n) is 8.14. The normalized spacial score (nSPS) is 14.8. The average molecular weight is 410 g/mol. The van der Waals surface area contributed by atoms with E-state index in [0.29, 0.717) is 24.9 Å². The van der Waals surface area contributed by atoms with Crippen LogP contribution in [0.5, 0.6) is 11.6 Å². The maximum absolute atomic E-state index is 14.4. The molecule has 0 aliphatic heterocycles. The highest BCUT2D eigenvalue weighted by Crippen LogP contribution is 2.34. The van der Waals surface area contributed by atoms with Gasteiger partial charge in [0.25, 0.3) is 0 Å². The number of aryl methyl sites for hydroxylation is 1. The number of hydrogen-bond acceptors (Lipinski definition) is 4. The minimum atomic E-state index is -0.427. The lowest BCUT2D eigenvalue weighted by Gasteiger charge is -2.24. The van der Waals surface area contributed by atoms with Crippen molar-refractivity contribution in [3.8, 4) is 17.3 Å². The second-order valence-corrected chi connectivity index (χ2v) is 8.14. The first kappa shape index (κ1) is 20.6. The van der Waals surface area contributed by atoms with Crippen molar-refractivity contribution in [2.24, 2.45) is 5.92 Å². The van der Waals surface area contributed by atoms with E-state index in [1.54, 1.807) is 29.8 Å². The topological polar surface area (TPSA) is 50.5 Å². The van der Waals surface area contributed by atoms with Crippen molar-refractivity contribution >= 4 is 0 Å². The van der Waals surface area contributed by atoms with Gasteiger partial charge >= 0.3 is 0 Å². The molecule has 5 nitrogen and oxygen atoms in total. The Bertz CT molecular complexity index is 979. The Kier molecular flexibility index (Phi) is 6.16. The number of para-hydroxylation sites is 2. The van der Waals surface area contributed by atoms with Gasteiger partial charge in [0.2, 0.25) is 5.88 Å². The third-order valence-corrected chi connectivity index (χ3v) is 5.30. The van der Waals surface area contributed by atoms with Crippen LogP contribution in [-0.4, -0.2) is 39.0 Å². The maximum Gasteiger partial charge on any atom is 0.227 e. The lowest BCUT2D eigenvalue weighted by Crippen LogP contribution is -2.32. The first-order valence-electron chi connectivity index (χ1n) is 10.5. The summed E-state index contributed by atoms with van der Waals surface area (Å²) in [6.07, 6.45) is 2.04. The molecule has 2 aromatic carbocycles. The molecule has 1 aliphatic carbocycles. The molecule has 1 N–H and O–H groups in total. The first-order valence-corrected chi connectivity index (χ1v) is 10.5. The molecule has 3 aromatic rings. The molecule has 0 spiro atoms. The number of rotatable bonds is 9. The highest BCUT2D eigenvalue weighted by atomic mass is 19.1. The van der Waals surface area contributed by atoms with Gasteiger partial charge < -0.3 is 9.84 Å². The van der Waals surface area contributed by atoms with Gasteiger partial charge in [-0.2, -0.15) is 5.10 Å². The van der Waals surface area contributed by atoms with Crippen LogP contribution in [0, 0.1) is 18.7 Å². The number of aromatic nitrogens is 2. The maximum atomic E-state index is 14.4. The molecule has 1 fully saturated rings. The Labute approximate surface area is 176 Å². The summed E-state index contributed by atoms with van der Waals surface area (Å²) in [5, 5.41) is 14.7. The number of ether oxygens (including phenoxy) is 1. The Morgan fingerprint density at radius 3 is 2.53 bits per heavy atom. The zero-order valence-electron chi connectivity index (χ0n) is 17.5. The Morgan fingerprint density at radius 1 is 1.17 bits per heavy atom. The summed E-state index contributed by atoms with van der Waals surface area (Å²) in [6.45, 7) is 5.84. The van der Waals surface area contributed by atoms with Gasteiger partial charge in [-0.3, -0.25) is 4.90 Å². The smallest absolute Gasteiger partial charge is 0.227 e. The lowest BCUT2D eigenvalue weighted by molar-refractivity contribution is 0.118. The van der Waals surface area contributed by atoms with E-state index in [1.807, 2.05) is 37.3 Å². The molecular formula is C24H28FN3O2. The third-order valence-electron chi connectivity index (χ3n) is 5.30. The minimum Gasteiger partial charge on any atom is -0.435 e. The summed E-state index contributed by atoms with van der Waals surface area (Å²) in [6, 6.07) is 16.1. The number of hydrogen-bond donors (Lipinski definition) is 1. The highest BCUT2D eigenvalue weighted by molar-refractivity contribution is 5.43. The lowest BCUT2D eigenvalue weighted by atomic mass is 10.2. The van der Waals surface area contributed by atoms with E-state index < -0.39 is 11.9 Å². The van der Waals surface area contributed by atoms with Crippen LogP contribution in [0.2, 0.25) is 0 Å². The Hall–Kier alpha value is -2.70. The second kappa shape index (κ2) is 8.98. The SMILES string of the molecule is Cc1nn(-c2ccccc2)c(Oc2ccccc2F)c1CN(CC1CC1)C[C@H](C)O. The molecule has 0 saturated heterocycles. The highest BCUT2D eigenvalue weighted by Gasteiger charge is 2.27. The van der Waals surface area contributed by atoms with Crippen LogP contribution < -0.4 is 4.74 Å². The molecule has 158 valence electrons. The van der Waals surface area contributed by atoms with E-state index >= 15 is 0 Å². The van der Waals surface area contributed by atoms with Gasteiger partial charge in [0.1, 0.15) is 0 Å². The molecule has 1 heterocycles. The fourth-order valence-electron chi connectivity index (χ4n) is 3.67. The van der Waals surface area contributed by atoms with Crippen LogP contribution >= 0.6 is 0 Å². The van der Waals surface area contributed by atoms with Crippen molar-refractivity contribution in [3.05, 3.63) is 71.7 Å². The van der Waals surface area contributed by atoms with Crippen molar-refractivity contribution < 1.29 is 14.2 Å². The summed E-state index contributed by atoms with van der Waals surface area (Å²) >= 11 is 0. The molecule has 4 rings (SSSR count). The van der Waals surface area contributed by atoms with E-state index in [9.17, 15) is 9.50 Å². The van der Waals surface area contributed by atoms with Crippen LogP contribution in [0.4, 0.5) is 4.39 Å². The predicted molar refractivity (Wildman–Crippen MR) is 114 cm³/mol. The standard InChI is InChI=1S/C24H28FN3O2/c1-17(29)14-27(15-19-12-13-19)16-21-18(2)26-28(20-8-4-3-5-9-20)24(21)30-23-11-7-6-10-22(23)25/h3-11,17,19,29H,12-16H2,1-2H3/t17-/m0/s1. The van der Waals surface area contributed by atoms with Crippen LogP contribution in [0.1, 0.15) is 31.0 Å². The molecule has 0 bridgehead atoms. The van der Waals surface area contributed by atoms with Crippen molar-refractivity contribution in [2.75, 3.05) is 13.1 Å². The minimum absolute atomic E-state index is 0.167. The van der Waals surface area contributed by atoms with E-state index in [0.717, 1.165) is 23.5 Å². The van der Waals surface area contributed by atoms with Gasteiger partial charge in [0.05, 0.1) is 23.0 Å². The largest absolute Gasteiger partial charge is 0.435 e. The monoisotopic (exact) mass is 409 g/mol. The molecule has 1 atom stereocenters. The Balaban J connectivity index is 1.72. The van der Waals surface area contributed by atoms with E-state index in [4.69, 9.17) is 9.84 Å². The van der Waals surface area contributed by atoms with Crippen molar-refractivity contribution in [1.29, 1.82) is 0 Å². The van der Waals surface area contributed by atoms with E-state index in [2.05, 4.69) is 4.90 Å². The van der Waals surface area contributed by atoms with Gasteiger partial charge in [-0.15, -0.1) is 0 Å². The number of nitrogens with zero attached hydrogens (tertiary/aromatic N) is 3. The van der Waals surface area contributed by atoms with Gasteiger partial charge in [0, 0.05) is 19.6 Å². The summed E-state index contributed by atoms with van der Waals surface area (Å²) < 4.78 is 22.2. The molecular weight excluding hydrogens is 381 g/mol. The van der Waals surface area contributed by atoms with Gasteiger partial charge in [-0.05, 0) is 56.9 Å². The molecule has 0 radical (unpaired) electrons. The van der Waals surface area contributed by atoms with Gasteiger partial charge in [0.15, 0.2) is 11.6 Å². The van der Waals surface area contributed by atoms with Crippen molar-refractivity contribution in [1.82, 2.24) is 14.7 Å². The van der Waals surface area contributed by atoms with Crippen molar-refractivity contribution in [3.63, 3.8) is 0 Å². The summed E-state index contributed by atoms with van der Waals surface area (Å²) in [5.41, 5.74) is 2.59. The number of aliphatic hydroxyl groups excluding tert-OH is 1. The third kappa shape index (κ3) is 4.89. The first-order chi connectivity index (χ1) is 14.5. The molecule has 6 heteroatoms. The van der Waals surface area contributed by atoms with Crippen LogP contribution in [0.15, 0.2) is 54.6 Å². The number of benzene rings is 2. The van der Waals surface area contributed by atoms with Crippen LogP contribution in [0.25, 0.3) is 5.69 Å². The summed E-state index contributed by atoms with van der Waals surface area (Å²) in [5.74, 6) is 0.945. The predicted octanol–water partition coefficient (Wildman–Crippen LogP) is 4.70. The fourth-order valence-corrected chi connectivity index (χ4v) is 3.67. The average Bonchev–Trinajstić information content (AvgIpc) is 3.49. The van der Waals surface area contributed by atoms with E-state index in [-0.39, 0.29) is 5.75 Å². The Morgan fingerprint density at radius 2 is 1.87 bits per heavy atom. The molecule has 1 saturated carbocycles. The quantitative estimate of drug-likeness (QED) is 0.556. The van der Waals surface area contributed by atoms with Crippen molar-refractivity contribution in [2.45, 2.75) is 39.3 Å². The number of halogens is 1.